The fourth-order valence-corrected chi connectivity index (χ4v) is 3.29. The van der Waals surface area contributed by atoms with Gasteiger partial charge in [0, 0.05) is 24.1 Å². The molecule has 0 aromatic carbocycles. The summed E-state index contributed by atoms with van der Waals surface area (Å²) >= 11 is 3.82. The van der Waals surface area contributed by atoms with Crippen molar-refractivity contribution in [3.8, 4) is 0 Å². The van der Waals surface area contributed by atoms with Crippen molar-refractivity contribution >= 4 is 23.1 Å². The minimum absolute atomic E-state index is 0.728. The van der Waals surface area contributed by atoms with Gasteiger partial charge in [-0.15, -0.1) is 0 Å². The summed E-state index contributed by atoms with van der Waals surface area (Å²) in [6.45, 7) is 5.68. The SMILES string of the molecule is CCCC(CC)NCCSCc1ccsc1. The van der Waals surface area contributed by atoms with Crippen molar-refractivity contribution in [1.29, 1.82) is 0 Å². The van der Waals surface area contributed by atoms with Crippen molar-refractivity contribution in [2.45, 2.75) is 44.9 Å². The third kappa shape index (κ3) is 5.92. The second kappa shape index (κ2) is 9.08. The molecule has 92 valence electrons. The van der Waals surface area contributed by atoms with Crippen LogP contribution in [0.25, 0.3) is 0 Å². The molecule has 0 aliphatic carbocycles. The lowest BCUT2D eigenvalue weighted by Gasteiger charge is -2.15. The molecule has 0 aliphatic rings. The highest BCUT2D eigenvalue weighted by molar-refractivity contribution is 7.98. The smallest absolute Gasteiger partial charge is 0.0193 e. The fraction of sp³-hybridized carbons (Fsp3) is 0.692. The third-order valence-corrected chi connectivity index (χ3v) is 4.42. The molecule has 3 heteroatoms. The number of hydrogen-bond acceptors (Lipinski definition) is 3. The maximum absolute atomic E-state index is 3.63. The molecule has 1 heterocycles. The van der Waals surface area contributed by atoms with Gasteiger partial charge >= 0.3 is 0 Å². The summed E-state index contributed by atoms with van der Waals surface area (Å²) in [5, 5.41) is 8.03. The zero-order valence-corrected chi connectivity index (χ0v) is 12.0. The van der Waals surface area contributed by atoms with Crippen molar-refractivity contribution < 1.29 is 0 Å². The molecule has 1 N–H and O–H groups in total. The van der Waals surface area contributed by atoms with E-state index in [1.54, 1.807) is 11.3 Å². The van der Waals surface area contributed by atoms with Crippen LogP contribution in [0, 0.1) is 0 Å². The van der Waals surface area contributed by atoms with Crippen LogP contribution in [0.2, 0.25) is 0 Å². The minimum Gasteiger partial charge on any atom is -0.313 e. The Morgan fingerprint density at radius 1 is 1.44 bits per heavy atom. The van der Waals surface area contributed by atoms with E-state index < -0.39 is 0 Å². The van der Waals surface area contributed by atoms with Crippen molar-refractivity contribution in [1.82, 2.24) is 5.32 Å². The van der Waals surface area contributed by atoms with Gasteiger partial charge in [0.05, 0.1) is 0 Å². The van der Waals surface area contributed by atoms with E-state index in [2.05, 4.69) is 36.0 Å². The van der Waals surface area contributed by atoms with Gasteiger partial charge in [-0.25, -0.2) is 0 Å². The molecule has 0 bridgehead atoms. The Hall–Kier alpha value is 0.01000. The van der Waals surface area contributed by atoms with E-state index in [0.717, 1.165) is 18.3 Å². The van der Waals surface area contributed by atoms with Gasteiger partial charge in [-0.05, 0) is 35.2 Å². The molecule has 0 fully saturated rings. The summed E-state index contributed by atoms with van der Waals surface area (Å²) in [6.07, 6.45) is 3.85. The Kier molecular flexibility index (Phi) is 7.99. The third-order valence-electron chi connectivity index (χ3n) is 2.66. The van der Waals surface area contributed by atoms with Crippen LogP contribution in [0.5, 0.6) is 0 Å². The molecule has 1 nitrogen and oxygen atoms in total. The van der Waals surface area contributed by atoms with Crippen LogP contribution >= 0.6 is 23.1 Å². The van der Waals surface area contributed by atoms with Gasteiger partial charge in [-0.1, -0.05) is 20.3 Å². The van der Waals surface area contributed by atoms with Gasteiger partial charge in [0.2, 0.25) is 0 Å². The lowest BCUT2D eigenvalue weighted by molar-refractivity contribution is 0.477. The second-order valence-electron chi connectivity index (χ2n) is 4.03. The summed E-state index contributed by atoms with van der Waals surface area (Å²) in [4.78, 5) is 0. The first-order valence-electron chi connectivity index (χ1n) is 6.19. The predicted octanol–water partition coefficient (Wildman–Crippen LogP) is 4.15. The topological polar surface area (TPSA) is 12.0 Å². The number of thiophene rings is 1. The first kappa shape index (κ1) is 14.1. The molecule has 1 aromatic heterocycles. The zero-order chi connectivity index (χ0) is 11.6. The molecule has 0 aliphatic heterocycles. The maximum atomic E-state index is 3.63. The lowest BCUT2D eigenvalue weighted by Crippen LogP contribution is -2.30. The molecular weight excluding hydrogens is 234 g/mol. The highest BCUT2D eigenvalue weighted by Crippen LogP contribution is 2.14. The molecule has 1 aromatic rings. The van der Waals surface area contributed by atoms with Crippen LogP contribution in [0.15, 0.2) is 16.8 Å². The molecule has 0 spiro atoms. The molecule has 1 rings (SSSR count). The number of hydrogen-bond donors (Lipinski definition) is 1. The average Bonchev–Trinajstić information content (AvgIpc) is 2.80. The molecule has 1 atom stereocenters. The summed E-state index contributed by atoms with van der Waals surface area (Å²) < 4.78 is 0. The Morgan fingerprint density at radius 2 is 2.31 bits per heavy atom. The molecule has 16 heavy (non-hydrogen) atoms. The van der Waals surface area contributed by atoms with Gasteiger partial charge in [0.1, 0.15) is 0 Å². The first-order valence-corrected chi connectivity index (χ1v) is 8.28. The van der Waals surface area contributed by atoms with Crippen LogP contribution in [-0.4, -0.2) is 18.3 Å². The van der Waals surface area contributed by atoms with Crippen molar-refractivity contribution in [3.63, 3.8) is 0 Å². The monoisotopic (exact) mass is 257 g/mol. The van der Waals surface area contributed by atoms with Gasteiger partial charge in [-0.3, -0.25) is 0 Å². The van der Waals surface area contributed by atoms with E-state index in [9.17, 15) is 0 Å². The highest BCUT2D eigenvalue weighted by atomic mass is 32.2. The summed E-state index contributed by atoms with van der Waals surface area (Å²) in [5.41, 5.74) is 1.47. The fourth-order valence-electron chi connectivity index (χ4n) is 1.70. The largest absolute Gasteiger partial charge is 0.313 e. The van der Waals surface area contributed by atoms with E-state index in [1.165, 1.54) is 30.6 Å². The van der Waals surface area contributed by atoms with Crippen LogP contribution < -0.4 is 5.32 Å². The summed E-state index contributed by atoms with van der Waals surface area (Å²) in [6, 6.07) is 2.95. The first-order chi connectivity index (χ1) is 7.86. The van der Waals surface area contributed by atoms with Gasteiger partial charge in [0.25, 0.3) is 0 Å². The molecular formula is C13H23NS2. The Bertz CT molecular complexity index is 246. The second-order valence-corrected chi connectivity index (χ2v) is 5.92. The van der Waals surface area contributed by atoms with Crippen molar-refractivity contribution in [2.75, 3.05) is 12.3 Å². The number of nitrogens with one attached hydrogen (secondary N) is 1. The number of rotatable bonds is 9. The van der Waals surface area contributed by atoms with Crippen LogP contribution in [0.1, 0.15) is 38.7 Å². The molecule has 0 saturated heterocycles. The zero-order valence-electron chi connectivity index (χ0n) is 10.4. The van der Waals surface area contributed by atoms with Gasteiger partial charge < -0.3 is 5.32 Å². The van der Waals surface area contributed by atoms with E-state index in [1.807, 2.05) is 11.8 Å². The van der Waals surface area contributed by atoms with E-state index in [4.69, 9.17) is 0 Å². The lowest BCUT2D eigenvalue weighted by atomic mass is 10.1. The highest BCUT2D eigenvalue weighted by Gasteiger charge is 2.02. The molecule has 0 amide bonds. The summed E-state index contributed by atoms with van der Waals surface area (Å²) in [7, 11) is 0. The molecule has 0 radical (unpaired) electrons. The van der Waals surface area contributed by atoms with Gasteiger partial charge in [-0.2, -0.15) is 23.1 Å². The maximum Gasteiger partial charge on any atom is 0.0193 e. The van der Waals surface area contributed by atoms with E-state index in [-0.39, 0.29) is 0 Å². The Labute approximate surface area is 108 Å². The minimum atomic E-state index is 0.728. The number of thioether (sulfide) groups is 1. The standard InChI is InChI=1S/C13H23NS2/c1-3-5-13(4-2)14-7-9-16-11-12-6-8-15-10-12/h6,8,10,13-14H,3-5,7,9,11H2,1-2H3. The van der Waals surface area contributed by atoms with Crippen LogP contribution in [-0.2, 0) is 5.75 Å². The predicted molar refractivity (Wildman–Crippen MR) is 77.5 cm³/mol. The Balaban J connectivity index is 1.98. The van der Waals surface area contributed by atoms with E-state index in [0.29, 0.717) is 0 Å². The summed E-state index contributed by atoms with van der Waals surface area (Å²) in [5.74, 6) is 2.38. The molecule has 1 unspecified atom stereocenters. The van der Waals surface area contributed by atoms with Gasteiger partial charge in [0.15, 0.2) is 0 Å². The normalized spacial score (nSPS) is 12.9. The average molecular weight is 257 g/mol. The van der Waals surface area contributed by atoms with E-state index >= 15 is 0 Å². The van der Waals surface area contributed by atoms with Crippen LogP contribution in [0.3, 0.4) is 0 Å². The van der Waals surface area contributed by atoms with Crippen LogP contribution in [0.4, 0.5) is 0 Å². The molecule has 0 saturated carbocycles. The quantitative estimate of drug-likeness (QED) is 0.667. The van der Waals surface area contributed by atoms with Crippen molar-refractivity contribution in [2.24, 2.45) is 0 Å². The Morgan fingerprint density at radius 3 is 2.94 bits per heavy atom. The van der Waals surface area contributed by atoms with Crippen molar-refractivity contribution in [3.05, 3.63) is 22.4 Å².